The molecule has 5 nitrogen and oxygen atoms in total. The van der Waals surface area contributed by atoms with Crippen LogP contribution in [-0.2, 0) is 4.79 Å². The number of ketones is 1. The van der Waals surface area contributed by atoms with Gasteiger partial charge in [-0.15, -0.1) is 0 Å². The van der Waals surface area contributed by atoms with Gasteiger partial charge in [0.05, 0.1) is 11.4 Å². The number of benzene rings is 2. The average Bonchev–Trinajstić information content (AvgIpc) is 3.02. The van der Waals surface area contributed by atoms with Crippen molar-refractivity contribution in [3.63, 3.8) is 0 Å². The molecule has 0 unspecified atom stereocenters. The molecule has 1 aliphatic heterocycles. The molecule has 3 aromatic rings. The molecule has 5 heteroatoms. The molecule has 0 radical (unpaired) electrons. The van der Waals surface area contributed by atoms with E-state index in [0.717, 1.165) is 46.0 Å². The number of fused-ring (bicyclic) bond motifs is 1. The first-order valence-electron chi connectivity index (χ1n) is 10.7. The number of hydrogen-bond acceptors (Lipinski definition) is 4. The van der Waals surface area contributed by atoms with Crippen LogP contribution in [0.3, 0.4) is 0 Å². The Morgan fingerprint density at radius 2 is 1.84 bits per heavy atom. The minimum Gasteiger partial charge on any atom is -0.508 e. The molecule has 2 heterocycles. The number of nitrogens with one attached hydrogen (secondary N) is 1. The number of phenols is 1. The summed E-state index contributed by atoms with van der Waals surface area (Å²) in [7, 11) is 0. The van der Waals surface area contributed by atoms with Gasteiger partial charge in [0.15, 0.2) is 5.78 Å². The van der Waals surface area contributed by atoms with E-state index in [4.69, 9.17) is 5.10 Å². The Kier molecular flexibility index (Phi) is 4.33. The van der Waals surface area contributed by atoms with Crippen molar-refractivity contribution in [3.8, 4) is 11.4 Å². The molecule has 0 spiro atoms. The lowest BCUT2D eigenvalue weighted by molar-refractivity contribution is -0.118. The normalized spacial score (nSPS) is 19.6. The Morgan fingerprint density at radius 1 is 1.10 bits per heavy atom. The van der Waals surface area contributed by atoms with Gasteiger partial charge in [0.25, 0.3) is 0 Å². The molecule has 2 N–H and O–H groups in total. The van der Waals surface area contributed by atoms with Gasteiger partial charge in [-0.05, 0) is 61.1 Å². The molecule has 0 saturated heterocycles. The molecule has 0 saturated carbocycles. The minimum absolute atomic E-state index is 0.0941. The summed E-state index contributed by atoms with van der Waals surface area (Å²) in [6.45, 7) is 8.36. The molecular formula is C26H27N3O2. The van der Waals surface area contributed by atoms with Gasteiger partial charge in [0.2, 0.25) is 0 Å². The maximum Gasteiger partial charge on any atom is 0.162 e. The number of nitrogens with zero attached hydrogens (tertiary/aromatic N) is 2. The van der Waals surface area contributed by atoms with Crippen LogP contribution in [0.4, 0.5) is 5.82 Å². The van der Waals surface area contributed by atoms with E-state index in [1.807, 2.05) is 29.8 Å². The molecular weight excluding hydrogens is 386 g/mol. The fourth-order valence-electron chi connectivity index (χ4n) is 5.02. The minimum atomic E-state index is -0.200. The van der Waals surface area contributed by atoms with E-state index in [1.54, 1.807) is 12.1 Å². The number of rotatable bonds is 2. The van der Waals surface area contributed by atoms with Gasteiger partial charge < -0.3 is 10.4 Å². The molecule has 1 atom stereocenters. The van der Waals surface area contributed by atoms with Crippen LogP contribution in [0.2, 0.25) is 0 Å². The Labute approximate surface area is 182 Å². The number of aromatic nitrogens is 2. The van der Waals surface area contributed by atoms with Crippen molar-refractivity contribution in [2.45, 2.75) is 46.5 Å². The van der Waals surface area contributed by atoms with Crippen LogP contribution in [0.25, 0.3) is 5.69 Å². The summed E-state index contributed by atoms with van der Waals surface area (Å²) in [5, 5.41) is 18.3. The smallest absolute Gasteiger partial charge is 0.162 e. The van der Waals surface area contributed by atoms with Gasteiger partial charge in [0.1, 0.15) is 11.6 Å². The first-order chi connectivity index (χ1) is 14.7. The van der Waals surface area contributed by atoms with Crippen molar-refractivity contribution in [1.29, 1.82) is 0 Å². The van der Waals surface area contributed by atoms with E-state index < -0.39 is 0 Å². The first kappa shape index (κ1) is 19.6. The number of hydrogen-bond donors (Lipinski definition) is 2. The lowest BCUT2D eigenvalue weighted by Crippen LogP contribution is -2.34. The van der Waals surface area contributed by atoms with Crippen molar-refractivity contribution in [2.75, 3.05) is 5.32 Å². The van der Waals surface area contributed by atoms with Crippen molar-refractivity contribution in [3.05, 3.63) is 82.2 Å². The van der Waals surface area contributed by atoms with Gasteiger partial charge in [-0.25, -0.2) is 4.68 Å². The number of anilines is 1. The van der Waals surface area contributed by atoms with Crippen molar-refractivity contribution in [1.82, 2.24) is 9.78 Å². The zero-order valence-electron chi connectivity index (χ0n) is 18.4. The Morgan fingerprint density at radius 3 is 2.55 bits per heavy atom. The van der Waals surface area contributed by atoms with Gasteiger partial charge >= 0.3 is 0 Å². The summed E-state index contributed by atoms with van der Waals surface area (Å²) in [5.74, 6) is 1.13. The predicted molar refractivity (Wildman–Crippen MR) is 122 cm³/mol. The molecule has 2 aliphatic rings. The van der Waals surface area contributed by atoms with Gasteiger partial charge in [0, 0.05) is 29.2 Å². The SMILES string of the molecule is Cc1cccc(-n2nc(C)c3c2NC2=C(C(=O)CC(C)(C)C2)[C@H]3c2ccc(O)cc2)c1. The number of aryl methyl sites for hydroxylation is 2. The molecule has 31 heavy (non-hydrogen) atoms. The van der Waals surface area contributed by atoms with Crippen molar-refractivity contribution in [2.24, 2.45) is 5.41 Å². The molecule has 1 aliphatic carbocycles. The number of allylic oxidation sites excluding steroid dienone is 2. The maximum absolute atomic E-state index is 13.4. The lowest BCUT2D eigenvalue weighted by Gasteiger charge is -2.38. The Hall–Kier alpha value is -3.34. The summed E-state index contributed by atoms with van der Waals surface area (Å²) in [6.07, 6.45) is 1.34. The standard InChI is InChI=1S/C26H27N3O2/c1-15-6-5-7-18(12-15)29-25-22(16(2)28-29)23(17-8-10-19(30)11-9-17)24-20(27-25)13-26(3,4)14-21(24)31/h5-12,23,27,30H,13-14H2,1-4H3/t23-/m0/s1. The number of carbonyl (C=O) groups excluding carboxylic acids is 1. The van der Waals surface area contributed by atoms with E-state index in [9.17, 15) is 9.90 Å². The van der Waals surface area contributed by atoms with Crippen molar-refractivity contribution < 1.29 is 9.90 Å². The summed E-state index contributed by atoms with van der Waals surface area (Å²) in [4.78, 5) is 13.4. The largest absolute Gasteiger partial charge is 0.508 e. The topological polar surface area (TPSA) is 67.2 Å². The lowest BCUT2D eigenvalue weighted by atomic mass is 9.69. The third kappa shape index (κ3) is 3.25. The molecule has 0 fully saturated rings. The number of aromatic hydroxyl groups is 1. The summed E-state index contributed by atoms with van der Waals surface area (Å²) in [5.41, 5.74) is 6.80. The van der Waals surface area contributed by atoms with Gasteiger partial charge in [-0.3, -0.25) is 4.79 Å². The highest BCUT2D eigenvalue weighted by molar-refractivity contribution is 6.01. The average molecular weight is 414 g/mol. The summed E-state index contributed by atoms with van der Waals surface area (Å²) < 4.78 is 1.96. The number of Topliss-reactive ketones (excluding diaryl/α,β-unsaturated/α-hetero) is 1. The summed E-state index contributed by atoms with van der Waals surface area (Å²) >= 11 is 0. The third-order valence-corrected chi connectivity index (χ3v) is 6.35. The first-order valence-corrected chi connectivity index (χ1v) is 10.7. The number of phenolic OH excluding ortho intramolecular Hbond substituents is 1. The highest BCUT2D eigenvalue weighted by atomic mass is 16.3. The van der Waals surface area contributed by atoms with Crippen LogP contribution < -0.4 is 5.32 Å². The maximum atomic E-state index is 13.4. The van der Waals surface area contributed by atoms with E-state index >= 15 is 0 Å². The van der Waals surface area contributed by atoms with E-state index in [-0.39, 0.29) is 22.9 Å². The summed E-state index contributed by atoms with van der Waals surface area (Å²) in [6, 6.07) is 15.5. The second-order valence-corrected chi connectivity index (χ2v) is 9.58. The van der Waals surface area contributed by atoms with Crippen LogP contribution in [0.15, 0.2) is 59.8 Å². The van der Waals surface area contributed by atoms with E-state index in [0.29, 0.717) is 6.42 Å². The van der Waals surface area contributed by atoms with Gasteiger partial charge in [-0.2, -0.15) is 5.10 Å². The van der Waals surface area contributed by atoms with Crippen LogP contribution in [0, 0.1) is 19.3 Å². The third-order valence-electron chi connectivity index (χ3n) is 6.35. The fraction of sp³-hybridized carbons (Fsp3) is 0.308. The van der Waals surface area contributed by atoms with Gasteiger partial charge in [-0.1, -0.05) is 38.1 Å². The van der Waals surface area contributed by atoms with Crippen LogP contribution in [0.1, 0.15) is 55.0 Å². The fourth-order valence-corrected chi connectivity index (χ4v) is 5.02. The second kappa shape index (κ2) is 6.84. The van der Waals surface area contributed by atoms with E-state index in [2.05, 4.69) is 44.3 Å². The van der Waals surface area contributed by atoms with Crippen LogP contribution >= 0.6 is 0 Å². The Balaban J connectivity index is 1.76. The zero-order chi connectivity index (χ0) is 21.9. The highest BCUT2D eigenvalue weighted by Gasteiger charge is 2.42. The second-order valence-electron chi connectivity index (χ2n) is 9.58. The number of carbonyl (C=O) groups is 1. The molecule has 0 amide bonds. The molecule has 2 aromatic carbocycles. The van der Waals surface area contributed by atoms with Crippen LogP contribution in [-0.4, -0.2) is 20.7 Å². The highest BCUT2D eigenvalue weighted by Crippen LogP contribution is 2.50. The predicted octanol–water partition coefficient (Wildman–Crippen LogP) is 5.40. The van der Waals surface area contributed by atoms with E-state index in [1.165, 1.54) is 5.56 Å². The Bertz CT molecular complexity index is 1230. The zero-order valence-corrected chi connectivity index (χ0v) is 18.4. The quantitative estimate of drug-likeness (QED) is 0.591. The molecule has 158 valence electrons. The van der Waals surface area contributed by atoms with Crippen molar-refractivity contribution >= 4 is 11.6 Å². The molecule has 1 aromatic heterocycles. The molecule has 0 bridgehead atoms. The monoisotopic (exact) mass is 413 g/mol. The molecule has 5 rings (SSSR count). The van der Waals surface area contributed by atoms with Crippen LogP contribution in [0.5, 0.6) is 5.75 Å².